The molecule has 2 aliphatic rings. The van der Waals surface area contributed by atoms with E-state index in [-0.39, 0.29) is 12.1 Å². The van der Waals surface area contributed by atoms with Crippen LogP contribution in [0.2, 0.25) is 0 Å². The third-order valence-corrected chi connectivity index (χ3v) is 5.48. The van der Waals surface area contributed by atoms with Crippen LogP contribution in [0.25, 0.3) is 0 Å². The molecule has 1 aliphatic heterocycles. The average molecular weight is 404 g/mol. The van der Waals surface area contributed by atoms with Crippen LogP contribution >= 0.6 is 0 Å². The number of ether oxygens (including phenoxy) is 1. The van der Waals surface area contributed by atoms with E-state index in [1.54, 1.807) is 6.92 Å². The largest absolute Gasteiger partial charge is 0.466 e. The summed E-state index contributed by atoms with van der Waals surface area (Å²) in [6.07, 6.45) is -0.759. The number of methoxy groups -OCH3 is 1. The molecule has 0 aromatic carbocycles. The Balaban J connectivity index is 2.58. The maximum Gasteiger partial charge on any atom is 0.425 e. The lowest BCUT2D eigenvalue weighted by Crippen LogP contribution is -2.66. The molecule has 1 N–H and O–H groups in total. The first-order chi connectivity index (χ1) is 13.1. The lowest BCUT2D eigenvalue weighted by molar-refractivity contribution is -0.196. The Morgan fingerprint density at radius 2 is 1.86 bits per heavy atom. The van der Waals surface area contributed by atoms with Gasteiger partial charge < -0.3 is 15.0 Å². The number of nitrogens with zero attached hydrogens (tertiary/aromatic N) is 1. The molecule has 1 fully saturated rings. The number of esters is 1. The fourth-order valence-corrected chi connectivity index (χ4v) is 4.07. The van der Waals surface area contributed by atoms with Gasteiger partial charge in [-0.3, -0.25) is 9.59 Å². The van der Waals surface area contributed by atoms with Crippen LogP contribution in [0.1, 0.15) is 65.2 Å². The number of hydrogen-bond donors (Lipinski definition) is 1. The predicted octanol–water partition coefficient (Wildman–Crippen LogP) is 3.22. The van der Waals surface area contributed by atoms with Gasteiger partial charge in [-0.15, -0.1) is 0 Å². The molecule has 6 nitrogen and oxygen atoms in total. The Morgan fingerprint density at radius 3 is 2.36 bits per heavy atom. The molecular formula is C19H27F3N2O4. The van der Waals surface area contributed by atoms with E-state index in [1.807, 2.05) is 5.32 Å². The molecule has 0 saturated heterocycles. The summed E-state index contributed by atoms with van der Waals surface area (Å²) < 4.78 is 47.5. The fourth-order valence-electron chi connectivity index (χ4n) is 4.07. The van der Waals surface area contributed by atoms with Crippen LogP contribution in [0.3, 0.4) is 0 Å². The SMILES string of the molecule is CCCCC(=O)N[C@@]1(C(F)(F)F)C(=O)N(C2CCCCC2)C(C)=C1C(=O)OC. The highest BCUT2D eigenvalue weighted by atomic mass is 19.4. The van der Waals surface area contributed by atoms with Crippen LogP contribution in [0.15, 0.2) is 11.3 Å². The van der Waals surface area contributed by atoms with Crippen molar-refractivity contribution in [1.82, 2.24) is 10.2 Å². The number of nitrogens with one attached hydrogen (secondary N) is 1. The monoisotopic (exact) mass is 404 g/mol. The molecule has 28 heavy (non-hydrogen) atoms. The Morgan fingerprint density at radius 1 is 1.25 bits per heavy atom. The third-order valence-electron chi connectivity index (χ3n) is 5.48. The minimum absolute atomic E-state index is 0.100. The number of allylic oxidation sites excluding steroid dienone is 1. The molecule has 158 valence electrons. The maximum absolute atomic E-state index is 14.3. The first kappa shape index (κ1) is 22.2. The summed E-state index contributed by atoms with van der Waals surface area (Å²) in [5, 5.41) is 1.87. The summed E-state index contributed by atoms with van der Waals surface area (Å²) in [5.41, 5.74) is -4.35. The van der Waals surface area contributed by atoms with Gasteiger partial charge in [0.2, 0.25) is 11.4 Å². The van der Waals surface area contributed by atoms with E-state index < -0.39 is 41.1 Å². The van der Waals surface area contributed by atoms with Gasteiger partial charge in [0.25, 0.3) is 5.91 Å². The van der Waals surface area contributed by atoms with E-state index in [0.29, 0.717) is 25.7 Å². The topological polar surface area (TPSA) is 75.7 Å². The van der Waals surface area contributed by atoms with Crippen LogP contribution < -0.4 is 5.32 Å². The third kappa shape index (κ3) is 3.75. The molecule has 0 unspecified atom stereocenters. The summed E-state index contributed by atoms with van der Waals surface area (Å²) >= 11 is 0. The van der Waals surface area contributed by atoms with Gasteiger partial charge in [-0.05, 0) is 26.2 Å². The lowest BCUT2D eigenvalue weighted by atomic mass is 9.88. The van der Waals surface area contributed by atoms with Crippen LogP contribution in [0, 0.1) is 0 Å². The zero-order chi connectivity index (χ0) is 21.1. The fraction of sp³-hybridized carbons (Fsp3) is 0.737. The first-order valence-corrected chi connectivity index (χ1v) is 9.62. The number of amides is 2. The van der Waals surface area contributed by atoms with Gasteiger partial charge in [-0.2, -0.15) is 13.2 Å². The van der Waals surface area contributed by atoms with E-state index in [2.05, 4.69) is 4.74 Å². The second-order valence-corrected chi connectivity index (χ2v) is 7.32. The number of unbranched alkanes of at least 4 members (excludes halogenated alkanes) is 1. The maximum atomic E-state index is 14.3. The summed E-state index contributed by atoms with van der Waals surface area (Å²) in [6.45, 7) is 3.10. The number of hydrogen-bond acceptors (Lipinski definition) is 4. The molecule has 2 amide bonds. The molecule has 2 rings (SSSR count). The highest BCUT2D eigenvalue weighted by Crippen LogP contribution is 2.47. The lowest BCUT2D eigenvalue weighted by Gasteiger charge is -2.36. The van der Waals surface area contributed by atoms with Crippen molar-refractivity contribution in [3.63, 3.8) is 0 Å². The van der Waals surface area contributed by atoms with E-state index in [1.165, 1.54) is 6.92 Å². The van der Waals surface area contributed by atoms with Crippen molar-refractivity contribution < 1.29 is 32.3 Å². The Kier molecular flexibility index (Phi) is 6.77. The van der Waals surface area contributed by atoms with Crippen LogP contribution in [-0.4, -0.2) is 47.6 Å². The van der Waals surface area contributed by atoms with Gasteiger partial charge >= 0.3 is 12.1 Å². The smallest absolute Gasteiger partial charge is 0.425 e. The minimum atomic E-state index is -5.19. The Hall–Kier alpha value is -2.06. The molecule has 1 heterocycles. The van der Waals surface area contributed by atoms with Gasteiger partial charge in [0.15, 0.2) is 0 Å². The van der Waals surface area contributed by atoms with E-state index in [0.717, 1.165) is 31.3 Å². The molecule has 0 radical (unpaired) electrons. The minimum Gasteiger partial charge on any atom is -0.466 e. The van der Waals surface area contributed by atoms with Crippen molar-refractivity contribution >= 4 is 17.8 Å². The zero-order valence-electron chi connectivity index (χ0n) is 16.4. The van der Waals surface area contributed by atoms with E-state index >= 15 is 0 Å². The van der Waals surface area contributed by atoms with Crippen LogP contribution in [0.4, 0.5) is 13.2 Å². The van der Waals surface area contributed by atoms with Crippen molar-refractivity contribution in [2.75, 3.05) is 7.11 Å². The summed E-state index contributed by atoms with van der Waals surface area (Å²) in [6, 6.07) is -0.433. The van der Waals surface area contributed by atoms with Gasteiger partial charge in [-0.1, -0.05) is 32.6 Å². The molecule has 1 aliphatic carbocycles. The standard InChI is InChI=1S/C19H27F3N2O4/c1-4-5-11-14(25)23-18(19(20,21)22)15(16(26)28-3)12(2)24(17(18)27)13-9-7-6-8-10-13/h13H,4-11H2,1-3H3,(H,23,25)/t18-/m1/s1. The predicted molar refractivity (Wildman–Crippen MR) is 94.9 cm³/mol. The van der Waals surface area contributed by atoms with Crippen molar-refractivity contribution in [1.29, 1.82) is 0 Å². The number of halogens is 3. The molecule has 9 heteroatoms. The van der Waals surface area contributed by atoms with Crippen molar-refractivity contribution in [2.24, 2.45) is 0 Å². The van der Waals surface area contributed by atoms with Gasteiger partial charge in [0.05, 0.1) is 7.11 Å². The van der Waals surface area contributed by atoms with Crippen molar-refractivity contribution in [3.8, 4) is 0 Å². The highest BCUT2D eigenvalue weighted by molar-refractivity contribution is 6.10. The number of carbonyl (C=O) groups excluding carboxylic acids is 3. The summed E-state index contributed by atoms with van der Waals surface area (Å²) in [4.78, 5) is 38.8. The number of alkyl halides is 3. The second-order valence-electron chi connectivity index (χ2n) is 7.32. The Labute approximate surface area is 162 Å². The van der Waals surface area contributed by atoms with Gasteiger partial charge in [0, 0.05) is 18.2 Å². The summed E-state index contributed by atoms with van der Waals surface area (Å²) in [7, 11) is 0.955. The molecule has 0 aromatic rings. The molecule has 0 spiro atoms. The number of carbonyl (C=O) groups is 3. The van der Waals surface area contributed by atoms with Crippen LogP contribution in [-0.2, 0) is 19.1 Å². The quantitative estimate of drug-likeness (QED) is 0.690. The van der Waals surface area contributed by atoms with E-state index in [9.17, 15) is 27.6 Å². The second kappa shape index (κ2) is 8.53. The van der Waals surface area contributed by atoms with Crippen molar-refractivity contribution in [3.05, 3.63) is 11.3 Å². The van der Waals surface area contributed by atoms with Gasteiger partial charge in [0.1, 0.15) is 5.57 Å². The van der Waals surface area contributed by atoms with Crippen LogP contribution in [0.5, 0.6) is 0 Å². The van der Waals surface area contributed by atoms with Crippen molar-refractivity contribution in [2.45, 2.75) is 83.0 Å². The number of rotatable bonds is 6. The highest BCUT2D eigenvalue weighted by Gasteiger charge is 2.71. The average Bonchev–Trinajstić information content (AvgIpc) is 2.87. The zero-order valence-corrected chi connectivity index (χ0v) is 16.4. The van der Waals surface area contributed by atoms with E-state index in [4.69, 9.17) is 0 Å². The summed E-state index contributed by atoms with van der Waals surface area (Å²) in [5.74, 6) is -3.51. The molecule has 1 atom stereocenters. The van der Waals surface area contributed by atoms with Gasteiger partial charge in [-0.25, -0.2) is 4.79 Å². The molecular weight excluding hydrogens is 377 g/mol. The molecule has 1 saturated carbocycles. The first-order valence-electron chi connectivity index (χ1n) is 9.62. The normalized spacial score (nSPS) is 23.9. The molecule has 0 bridgehead atoms. The molecule has 0 aromatic heterocycles. The Bertz CT molecular complexity index is 669.